The highest BCUT2D eigenvalue weighted by atomic mass is 35.5. The van der Waals surface area contributed by atoms with Crippen LogP contribution in [0.15, 0.2) is 60.8 Å². The molecule has 2 aromatic carbocycles. The topological polar surface area (TPSA) is 15.8 Å². The number of benzene rings is 2. The van der Waals surface area contributed by atoms with Crippen LogP contribution in [0.5, 0.6) is 0 Å². The highest BCUT2D eigenvalue weighted by molar-refractivity contribution is 6.17. The first-order chi connectivity index (χ1) is 9.31. The molecule has 0 saturated carbocycles. The Morgan fingerprint density at radius 2 is 1.63 bits per heavy atom. The van der Waals surface area contributed by atoms with E-state index in [1.54, 1.807) is 0 Å². The van der Waals surface area contributed by atoms with Crippen molar-refractivity contribution in [2.24, 2.45) is 0 Å². The van der Waals surface area contributed by atoms with E-state index < -0.39 is 0 Å². The first kappa shape index (κ1) is 13.7. The predicted octanol–water partition coefficient (Wildman–Crippen LogP) is 4.94. The molecule has 1 heterocycles. The monoisotopic (exact) mass is 271 g/mol. The van der Waals surface area contributed by atoms with Gasteiger partial charge in [0.15, 0.2) is 0 Å². The molecule has 1 nitrogen and oxygen atoms in total. The lowest BCUT2D eigenvalue weighted by Gasteiger charge is -1.92. The van der Waals surface area contributed by atoms with Gasteiger partial charge in [0.2, 0.25) is 0 Å². The van der Waals surface area contributed by atoms with Crippen molar-refractivity contribution in [3.8, 4) is 0 Å². The zero-order chi connectivity index (χ0) is 13.5. The molecule has 0 aliphatic carbocycles. The Kier molecular flexibility index (Phi) is 5.05. The predicted molar refractivity (Wildman–Crippen MR) is 83.9 cm³/mol. The Bertz CT molecular complexity index is 613. The Morgan fingerprint density at radius 1 is 0.947 bits per heavy atom. The molecule has 0 atom stereocenters. The van der Waals surface area contributed by atoms with Crippen molar-refractivity contribution < 1.29 is 0 Å². The number of nitrogens with one attached hydrogen (secondary N) is 1. The minimum Gasteiger partial charge on any atom is -0.361 e. The molecule has 0 bridgehead atoms. The van der Waals surface area contributed by atoms with Gasteiger partial charge in [-0.3, -0.25) is 0 Å². The zero-order valence-electron chi connectivity index (χ0n) is 11.1. The van der Waals surface area contributed by atoms with Gasteiger partial charge in [0.25, 0.3) is 0 Å². The third kappa shape index (κ3) is 3.87. The van der Waals surface area contributed by atoms with Gasteiger partial charge in [-0.25, -0.2) is 0 Å². The fraction of sp³-hybridized carbons (Fsp3) is 0.176. The van der Waals surface area contributed by atoms with Gasteiger partial charge in [-0.15, -0.1) is 11.6 Å². The van der Waals surface area contributed by atoms with E-state index in [4.69, 9.17) is 11.6 Å². The van der Waals surface area contributed by atoms with Crippen LogP contribution in [0, 0.1) is 6.92 Å². The lowest BCUT2D eigenvalue weighted by molar-refractivity contribution is 1.15. The Labute approximate surface area is 119 Å². The quantitative estimate of drug-likeness (QED) is 0.635. The Morgan fingerprint density at radius 3 is 2.32 bits per heavy atom. The summed E-state index contributed by atoms with van der Waals surface area (Å²) in [5, 5.41) is 1.32. The summed E-state index contributed by atoms with van der Waals surface area (Å²) >= 11 is 5.54. The lowest BCUT2D eigenvalue weighted by atomic mass is 10.2. The Balaban J connectivity index is 0.000000141. The van der Waals surface area contributed by atoms with Crippen molar-refractivity contribution in [1.82, 2.24) is 4.98 Å². The molecular weight excluding hydrogens is 254 g/mol. The van der Waals surface area contributed by atoms with Crippen LogP contribution in [0.1, 0.15) is 11.1 Å². The van der Waals surface area contributed by atoms with Gasteiger partial charge >= 0.3 is 0 Å². The average molecular weight is 272 g/mol. The smallest absolute Gasteiger partial charge is 0.0456 e. The molecule has 0 amide bonds. The van der Waals surface area contributed by atoms with Gasteiger partial charge in [0, 0.05) is 23.0 Å². The number of alkyl halides is 1. The van der Waals surface area contributed by atoms with Crippen molar-refractivity contribution in [3.05, 3.63) is 71.9 Å². The van der Waals surface area contributed by atoms with Gasteiger partial charge in [-0.1, -0.05) is 48.5 Å². The maximum absolute atomic E-state index is 5.54. The molecule has 2 heteroatoms. The second-order valence-corrected chi connectivity index (χ2v) is 4.82. The summed E-state index contributed by atoms with van der Waals surface area (Å²) in [5.41, 5.74) is 3.85. The molecule has 0 aliphatic rings. The fourth-order valence-electron chi connectivity index (χ4n) is 1.97. The number of hydrogen-bond donors (Lipinski definition) is 1. The summed E-state index contributed by atoms with van der Waals surface area (Å²) in [7, 11) is 0. The summed E-state index contributed by atoms with van der Waals surface area (Å²) < 4.78 is 0. The SMILES string of the molecule is Cc1c[nH]c2ccccc12.ClCCc1ccccc1. The summed E-state index contributed by atoms with van der Waals surface area (Å²) in [6.07, 6.45) is 3.01. The van der Waals surface area contributed by atoms with Crippen LogP contribution in [0.4, 0.5) is 0 Å². The molecule has 0 spiro atoms. The fourth-order valence-corrected chi connectivity index (χ4v) is 2.19. The molecule has 0 radical (unpaired) electrons. The molecule has 1 N–H and O–H groups in total. The number of rotatable bonds is 2. The molecule has 0 saturated heterocycles. The highest BCUT2D eigenvalue weighted by Gasteiger charge is 1.94. The van der Waals surface area contributed by atoms with E-state index in [0.29, 0.717) is 5.88 Å². The molecular formula is C17H18ClN. The van der Waals surface area contributed by atoms with E-state index >= 15 is 0 Å². The van der Waals surface area contributed by atoms with E-state index in [9.17, 15) is 0 Å². The van der Waals surface area contributed by atoms with Crippen LogP contribution in [-0.4, -0.2) is 10.9 Å². The number of aryl methyl sites for hydroxylation is 2. The summed E-state index contributed by atoms with van der Waals surface area (Å²) in [6.45, 7) is 2.11. The van der Waals surface area contributed by atoms with Crippen LogP contribution >= 0.6 is 11.6 Å². The second-order valence-electron chi connectivity index (χ2n) is 4.44. The molecule has 19 heavy (non-hydrogen) atoms. The number of fused-ring (bicyclic) bond motifs is 1. The number of aromatic amines is 1. The number of halogens is 1. The normalized spacial score (nSPS) is 10.0. The molecule has 1 aromatic heterocycles. The van der Waals surface area contributed by atoms with Crippen molar-refractivity contribution in [1.29, 1.82) is 0 Å². The van der Waals surface area contributed by atoms with E-state index in [-0.39, 0.29) is 0 Å². The first-order valence-electron chi connectivity index (χ1n) is 6.44. The van der Waals surface area contributed by atoms with Crippen molar-refractivity contribution in [2.45, 2.75) is 13.3 Å². The van der Waals surface area contributed by atoms with Crippen molar-refractivity contribution in [3.63, 3.8) is 0 Å². The van der Waals surface area contributed by atoms with Gasteiger partial charge in [-0.05, 0) is 30.5 Å². The highest BCUT2D eigenvalue weighted by Crippen LogP contribution is 2.15. The maximum atomic E-state index is 5.54. The van der Waals surface area contributed by atoms with Crippen LogP contribution in [-0.2, 0) is 6.42 Å². The largest absolute Gasteiger partial charge is 0.361 e. The van der Waals surface area contributed by atoms with E-state index in [2.05, 4.69) is 42.2 Å². The molecule has 3 rings (SSSR count). The standard InChI is InChI=1S/C9H9N.C8H9Cl/c1-7-6-10-9-5-3-2-4-8(7)9;9-7-6-8-4-2-1-3-5-8/h2-6,10H,1H3;1-5H,6-7H2. The van der Waals surface area contributed by atoms with Crippen molar-refractivity contribution >= 4 is 22.5 Å². The Hall–Kier alpha value is -1.73. The lowest BCUT2D eigenvalue weighted by Crippen LogP contribution is -1.82. The first-order valence-corrected chi connectivity index (χ1v) is 6.97. The van der Waals surface area contributed by atoms with Crippen LogP contribution in [0.2, 0.25) is 0 Å². The van der Waals surface area contributed by atoms with E-state index in [1.165, 1.54) is 22.0 Å². The van der Waals surface area contributed by atoms with Crippen molar-refractivity contribution in [2.75, 3.05) is 5.88 Å². The number of H-pyrrole nitrogens is 1. The van der Waals surface area contributed by atoms with E-state index in [0.717, 1.165) is 6.42 Å². The maximum Gasteiger partial charge on any atom is 0.0456 e. The summed E-state index contributed by atoms with van der Waals surface area (Å²) in [5.74, 6) is 0.712. The second kappa shape index (κ2) is 7.01. The third-order valence-corrected chi connectivity index (χ3v) is 3.21. The number of aromatic nitrogens is 1. The molecule has 0 fully saturated rings. The number of para-hydroxylation sites is 1. The van der Waals surface area contributed by atoms with Gasteiger partial charge in [-0.2, -0.15) is 0 Å². The van der Waals surface area contributed by atoms with E-state index in [1.807, 2.05) is 30.5 Å². The van der Waals surface area contributed by atoms with Gasteiger partial charge in [0.05, 0.1) is 0 Å². The van der Waals surface area contributed by atoms with Gasteiger partial charge < -0.3 is 4.98 Å². The minimum absolute atomic E-state index is 0.712. The molecule has 3 aromatic rings. The third-order valence-electron chi connectivity index (χ3n) is 3.02. The molecule has 98 valence electrons. The number of hydrogen-bond acceptors (Lipinski definition) is 0. The summed E-state index contributed by atoms with van der Waals surface area (Å²) in [4.78, 5) is 3.19. The molecule has 0 unspecified atom stereocenters. The van der Waals surface area contributed by atoms with Gasteiger partial charge in [0.1, 0.15) is 0 Å². The zero-order valence-corrected chi connectivity index (χ0v) is 11.8. The minimum atomic E-state index is 0.712. The van der Waals surface area contributed by atoms with Crippen LogP contribution < -0.4 is 0 Å². The van der Waals surface area contributed by atoms with Crippen LogP contribution in [0.3, 0.4) is 0 Å². The molecule has 0 aliphatic heterocycles. The summed E-state index contributed by atoms with van der Waals surface area (Å²) in [6, 6.07) is 18.6. The average Bonchev–Trinajstić information content (AvgIpc) is 2.84. The van der Waals surface area contributed by atoms with Crippen LogP contribution in [0.25, 0.3) is 10.9 Å².